The van der Waals surface area contributed by atoms with Crippen LogP contribution in [0.5, 0.6) is 0 Å². The maximum atomic E-state index is 5.85. The van der Waals surface area contributed by atoms with Crippen LogP contribution >= 0.6 is 0 Å². The average molecular weight is 186 g/mol. The highest BCUT2D eigenvalue weighted by Gasteiger charge is 2.55. The molecular weight excluding hydrogens is 164 g/mol. The summed E-state index contributed by atoms with van der Waals surface area (Å²) < 4.78 is 11.7. The standard InChI is InChI=1S/C11H22O2/c1-9(2,3)11(10(4,5)6)12-7-8-13-11/h7-8H2,1-6H3. The lowest BCUT2D eigenvalue weighted by molar-refractivity contribution is -0.279. The predicted molar refractivity (Wildman–Crippen MR) is 53.5 cm³/mol. The molecule has 0 atom stereocenters. The maximum absolute atomic E-state index is 5.85. The molecule has 0 aromatic rings. The molecule has 0 spiro atoms. The van der Waals surface area contributed by atoms with Crippen LogP contribution in [-0.2, 0) is 9.47 Å². The van der Waals surface area contributed by atoms with Crippen molar-refractivity contribution in [1.29, 1.82) is 0 Å². The van der Waals surface area contributed by atoms with Gasteiger partial charge in [-0.25, -0.2) is 0 Å². The van der Waals surface area contributed by atoms with Gasteiger partial charge in [0.25, 0.3) is 0 Å². The summed E-state index contributed by atoms with van der Waals surface area (Å²) >= 11 is 0. The van der Waals surface area contributed by atoms with Crippen LogP contribution in [0.3, 0.4) is 0 Å². The Kier molecular flexibility index (Phi) is 2.50. The first kappa shape index (κ1) is 11.0. The van der Waals surface area contributed by atoms with E-state index in [2.05, 4.69) is 41.5 Å². The topological polar surface area (TPSA) is 18.5 Å². The van der Waals surface area contributed by atoms with E-state index in [0.29, 0.717) is 13.2 Å². The smallest absolute Gasteiger partial charge is 0.178 e. The van der Waals surface area contributed by atoms with Crippen molar-refractivity contribution in [2.75, 3.05) is 13.2 Å². The highest BCUT2D eigenvalue weighted by Crippen LogP contribution is 2.49. The van der Waals surface area contributed by atoms with Crippen LogP contribution in [0.1, 0.15) is 41.5 Å². The summed E-state index contributed by atoms with van der Waals surface area (Å²) in [6.07, 6.45) is 0. The monoisotopic (exact) mass is 186 g/mol. The van der Waals surface area contributed by atoms with Gasteiger partial charge >= 0.3 is 0 Å². The fourth-order valence-electron chi connectivity index (χ4n) is 2.40. The van der Waals surface area contributed by atoms with Gasteiger partial charge < -0.3 is 9.47 Å². The van der Waals surface area contributed by atoms with E-state index in [1.54, 1.807) is 0 Å². The predicted octanol–water partition coefficient (Wildman–Crippen LogP) is 2.82. The molecule has 2 nitrogen and oxygen atoms in total. The molecule has 1 heterocycles. The lowest BCUT2D eigenvalue weighted by Crippen LogP contribution is -2.54. The van der Waals surface area contributed by atoms with Gasteiger partial charge in [0.2, 0.25) is 0 Å². The van der Waals surface area contributed by atoms with Crippen molar-refractivity contribution in [3.05, 3.63) is 0 Å². The van der Waals surface area contributed by atoms with Crippen molar-refractivity contribution in [1.82, 2.24) is 0 Å². The highest BCUT2D eigenvalue weighted by atomic mass is 16.7. The lowest BCUT2D eigenvalue weighted by Gasteiger charge is -2.48. The largest absolute Gasteiger partial charge is 0.346 e. The highest BCUT2D eigenvalue weighted by molar-refractivity contribution is 4.95. The second kappa shape index (κ2) is 2.96. The Morgan fingerprint density at radius 3 is 1.23 bits per heavy atom. The zero-order chi connectivity index (χ0) is 10.3. The second-order valence-electron chi connectivity index (χ2n) is 5.81. The molecule has 1 saturated heterocycles. The van der Waals surface area contributed by atoms with Gasteiger partial charge in [-0.2, -0.15) is 0 Å². The minimum atomic E-state index is -0.431. The van der Waals surface area contributed by atoms with Crippen LogP contribution < -0.4 is 0 Å². The quantitative estimate of drug-likeness (QED) is 0.579. The third-order valence-corrected chi connectivity index (χ3v) is 2.67. The van der Waals surface area contributed by atoms with Crippen LogP contribution in [0, 0.1) is 10.8 Å². The van der Waals surface area contributed by atoms with Crippen molar-refractivity contribution in [3.8, 4) is 0 Å². The third kappa shape index (κ3) is 1.62. The van der Waals surface area contributed by atoms with Gasteiger partial charge in [-0.15, -0.1) is 0 Å². The number of hydrogen-bond donors (Lipinski definition) is 0. The minimum Gasteiger partial charge on any atom is -0.346 e. The Hall–Kier alpha value is -0.0800. The van der Waals surface area contributed by atoms with E-state index in [9.17, 15) is 0 Å². The molecule has 0 radical (unpaired) electrons. The number of ether oxygens (including phenoxy) is 2. The second-order valence-corrected chi connectivity index (χ2v) is 5.81. The molecule has 13 heavy (non-hydrogen) atoms. The summed E-state index contributed by atoms with van der Waals surface area (Å²) in [6.45, 7) is 14.5. The Morgan fingerprint density at radius 1 is 0.769 bits per heavy atom. The van der Waals surface area contributed by atoms with Crippen molar-refractivity contribution < 1.29 is 9.47 Å². The van der Waals surface area contributed by atoms with Crippen molar-refractivity contribution >= 4 is 0 Å². The van der Waals surface area contributed by atoms with E-state index >= 15 is 0 Å². The Bertz CT molecular complexity index is 161. The molecule has 0 bridgehead atoms. The summed E-state index contributed by atoms with van der Waals surface area (Å²) in [5, 5.41) is 0. The van der Waals surface area contributed by atoms with E-state index in [1.165, 1.54) is 0 Å². The molecule has 0 saturated carbocycles. The van der Waals surface area contributed by atoms with Crippen molar-refractivity contribution in [2.45, 2.75) is 47.3 Å². The van der Waals surface area contributed by atoms with Crippen LogP contribution in [0.2, 0.25) is 0 Å². The molecule has 1 aliphatic rings. The average Bonchev–Trinajstić information content (AvgIpc) is 2.28. The summed E-state index contributed by atoms with van der Waals surface area (Å²) in [5.74, 6) is -0.431. The molecule has 0 unspecified atom stereocenters. The van der Waals surface area contributed by atoms with E-state index in [-0.39, 0.29) is 10.8 Å². The van der Waals surface area contributed by atoms with Gasteiger partial charge in [0.1, 0.15) is 0 Å². The van der Waals surface area contributed by atoms with E-state index < -0.39 is 5.79 Å². The first-order chi connectivity index (χ1) is 5.71. The Balaban J connectivity index is 3.02. The molecule has 0 N–H and O–H groups in total. The zero-order valence-corrected chi connectivity index (χ0v) is 9.73. The molecule has 0 aliphatic carbocycles. The van der Waals surface area contributed by atoms with Gasteiger partial charge in [0.05, 0.1) is 13.2 Å². The molecule has 1 aliphatic heterocycles. The third-order valence-electron chi connectivity index (χ3n) is 2.67. The summed E-state index contributed by atoms with van der Waals surface area (Å²) in [5.41, 5.74) is 0.0312. The van der Waals surface area contributed by atoms with Crippen LogP contribution in [0.15, 0.2) is 0 Å². The molecule has 0 amide bonds. The van der Waals surface area contributed by atoms with E-state index in [1.807, 2.05) is 0 Å². The Labute approximate surface area is 81.6 Å². The summed E-state index contributed by atoms with van der Waals surface area (Å²) in [4.78, 5) is 0. The number of rotatable bonds is 0. The summed E-state index contributed by atoms with van der Waals surface area (Å²) in [7, 11) is 0. The SMILES string of the molecule is CC(C)(C)C1(C(C)(C)C)OCCO1. The first-order valence-corrected chi connectivity index (χ1v) is 4.99. The van der Waals surface area contributed by atoms with Gasteiger partial charge in [-0.1, -0.05) is 41.5 Å². The zero-order valence-electron chi connectivity index (χ0n) is 9.73. The lowest BCUT2D eigenvalue weighted by atomic mass is 9.70. The van der Waals surface area contributed by atoms with Crippen molar-refractivity contribution in [3.63, 3.8) is 0 Å². The fourth-order valence-corrected chi connectivity index (χ4v) is 2.40. The first-order valence-electron chi connectivity index (χ1n) is 4.99. The summed E-state index contributed by atoms with van der Waals surface area (Å²) in [6, 6.07) is 0. The van der Waals surface area contributed by atoms with Crippen LogP contribution in [0.25, 0.3) is 0 Å². The molecule has 1 rings (SSSR count). The molecule has 78 valence electrons. The van der Waals surface area contributed by atoms with Crippen LogP contribution in [-0.4, -0.2) is 19.0 Å². The Morgan fingerprint density at radius 2 is 1.08 bits per heavy atom. The molecular formula is C11H22O2. The fraction of sp³-hybridized carbons (Fsp3) is 1.00. The maximum Gasteiger partial charge on any atom is 0.178 e. The normalized spacial score (nSPS) is 23.5. The van der Waals surface area contributed by atoms with E-state index in [4.69, 9.17) is 9.47 Å². The van der Waals surface area contributed by atoms with Crippen molar-refractivity contribution in [2.24, 2.45) is 10.8 Å². The van der Waals surface area contributed by atoms with Crippen LogP contribution in [0.4, 0.5) is 0 Å². The van der Waals surface area contributed by atoms with Gasteiger partial charge in [-0.05, 0) is 0 Å². The van der Waals surface area contributed by atoms with Gasteiger partial charge in [0.15, 0.2) is 5.79 Å². The number of hydrogen-bond acceptors (Lipinski definition) is 2. The van der Waals surface area contributed by atoms with Gasteiger partial charge in [0, 0.05) is 10.8 Å². The van der Waals surface area contributed by atoms with E-state index in [0.717, 1.165) is 0 Å². The molecule has 0 aromatic carbocycles. The molecule has 1 fully saturated rings. The van der Waals surface area contributed by atoms with Gasteiger partial charge in [-0.3, -0.25) is 0 Å². The minimum absolute atomic E-state index is 0.0156. The molecule has 0 aromatic heterocycles. The molecule has 2 heteroatoms.